The van der Waals surface area contributed by atoms with Gasteiger partial charge in [0.1, 0.15) is 0 Å². The lowest BCUT2D eigenvalue weighted by atomic mass is 10.1. The first-order valence-electron chi connectivity index (χ1n) is 5.22. The molecule has 2 heterocycles. The van der Waals surface area contributed by atoms with Gasteiger partial charge in [-0.15, -0.1) is 0 Å². The van der Waals surface area contributed by atoms with Crippen LogP contribution in [0.3, 0.4) is 0 Å². The van der Waals surface area contributed by atoms with Crippen LogP contribution in [0.1, 0.15) is 24.6 Å². The molecule has 1 saturated heterocycles. The maximum absolute atomic E-state index is 5.55. The molecule has 0 spiro atoms. The number of aromatic nitrogens is 2. The monoisotopic (exact) mass is 195 g/mol. The molecular weight excluding hydrogens is 178 g/mol. The summed E-state index contributed by atoms with van der Waals surface area (Å²) in [5.41, 5.74) is 6.77. The Morgan fingerprint density at radius 2 is 2.57 bits per heavy atom. The van der Waals surface area contributed by atoms with Crippen LogP contribution in [0.15, 0.2) is 12.3 Å². The second-order valence-corrected chi connectivity index (χ2v) is 3.68. The van der Waals surface area contributed by atoms with Gasteiger partial charge in [-0.05, 0) is 25.5 Å². The summed E-state index contributed by atoms with van der Waals surface area (Å²) in [7, 11) is 0. The summed E-state index contributed by atoms with van der Waals surface area (Å²) in [6.07, 6.45) is 5.04. The Morgan fingerprint density at radius 3 is 3.29 bits per heavy atom. The van der Waals surface area contributed by atoms with Crippen molar-refractivity contribution in [3.05, 3.63) is 18.0 Å². The van der Waals surface area contributed by atoms with Crippen LogP contribution in [0.5, 0.6) is 0 Å². The summed E-state index contributed by atoms with van der Waals surface area (Å²) < 4.78 is 7.52. The predicted octanol–water partition coefficient (Wildman–Crippen LogP) is 0.736. The first kappa shape index (κ1) is 9.68. The molecule has 0 radical (unpaired) electrons. The quantitative estimate of drug-likeness (QED) is 0.773. The van der Waals surface area contributed by atoms with Crippen LogP contribution in [-0.4, -0.2) is 29.5 Å². The summed E-state index contributed by atoms with van der Waals surface area (Å²) in [4.78, 5) is 0. The van der Waals surface area contributed by atoms with Gasteiger partial charge in [-0.2, -0.15) is 5.10 Å². The summed E-state index contributed by atoms with van der Waals surface area (Å²) in [6, 6.07) is 2.46. The first-order chi connectivity index (χ1) is 6.92. The van der Waals surface area contributed by atoms with E-state index in [0.717, 1.165) is 26.1 Å². The Morgan fingerprint density at radius 1 is 1.64 bits per heavy atom. The zero-order chi connectivity index (χ0) is 9.80. The van der Waals surface area contributed by atoms with Gasteiger partial charge in [-0.1, -0.05) is 0 Å². The molecule has 78 valence electrons. The Balaban J connectivity index is 2.09. The SMILES string of the molecule is NCCc1ccnn1C1CCCOC1. The molecule has 2 rings (SSSR count). The second-order valence-electron chi connectivity index (χ2n) is 3.68. The van der Waals surface area contributed by atoms with Crippen LogP contribution < -0.4 is 5.73 Å². The van der Waals surface area contributed by atoms with E-state index < -0.39 is 0 Å². The number of hydrogen-bond acceptors (Lipinski definition) is 3. The van der Waals surface area contributed by atoms with Crippen molar-refractivity contribution in [3.63, 3.8) is 0 Å². The number of nitrogens with two attached hydrogens (primary N) is 1. The van der Waals surface area contributed by atoms with E-state index in [1.807, 2.05) is 12.3 Å². The van der Waals surface area contributed by atoms with Gasteiger partial charge in [0.2, 0.25) is 0 Å². The summed E-state index contributed by atoms with van der Waals surface area (Å²) >= 11 is 0. The lowest BCUT2D eigenvalue weighted by molar-refractivity contribution is 0.0539. The zero-order valence-corrected chi connectivity index (χ0v) is 8.35. The van der Waals surface area contributed by atoms with Gasteiger partial charge in [0.15, 0.2) is 0 Å². The Bertz CT molecular complexity index is 279. The van der Waals surface area contributed by atoms with Crippen LogP contribution >= 0.6 is 0 Å². The normalized spacial score (nSPS) is 22.5. The molecule has 4 nitrogen and oxygen atoms in total. The molecule has 1 aromatic rings. The molecule has 1 aliphatic rings. The molecule has 0 amide bonds. The Labute approximate surface area is 84.0 Å². The van der Waals surface area contributed by atoms with Gasteiger partial charge in [0.25, 0.3) is 0 Å². The second kappa shape index (κ2) is 4.57. The van der Waals surface area contributed by atoms with E-state index >= 15 is 0 Å². The first-order valence-corrected chi connectivity index (χ1v) is 5.22. The number of nitrogens with zero attached hydrogens (tertiary/aromatic N) is 2. The molecular formula is C10H17N3O. The van der Waals surface area contributed by atoms with Gasteiger partial charge >= 0.3 is 0 Å². The fourth-order valence-electron chi connectivity index (χ4n) is 1.93. The standard InChI is InChI=1S/C10H17N3O/c11-5-3-9-4-6-12-13(9)10-2-1-7-14-8-10/h4,6,10H,1-3,5,7-8,11H2. The van der Waals surface area contributed by atoms with E-state index in [4.69, 9.17) is 10.5 Å². The van der Waals surface area contributed by atoms with Gasteiger partial charge < -0.3 is 10.5 Å². The highest BCUT2D eigenvalue weighted by molar-refractivity contribution is 5.02. The number of ether oxygens (including phenoxy) is 1. The highest BCUT2D eigenvalue weighted by Gasteiger charge is 2.18. The fourth-order valence-corrected chi connectivity index (χ4v) is 1.93. The molecule has 1 atom stereocenters. The maximum atomic E-state index is 5.55. The van der Waals surface area contributed by atoms with Crippen molar-refractivity contribution < 1.29 is 4.74 Å². The van der Waals surface area contributed by atoms with E-state index in [1.54, 1.807) is 0 Å². The van der Waals surface area contributed by atoms with Crippen LogP contribution in [0.4, 0.5) is 0 Å². The lowest BCUT2D eigenvalue weighted by Gasteiger charge is -2.24. The van der Waals surface area contributed by atoms with E-state index in [2.05, 4.69) is 9.78 Å². The predicted molar refractivity (Wildman–Crippen MR) is 54.1 cm³/mol. The minimum atomic E-state index is 0.417. The molecule has 1 aromatic heterocycles. The van der Waals surface area contributed by atoms with Crippen molar-refractivity contribution in [3.8, 4) is 0 Å². The van der Waals surface area contributed by atoms with Crippen molar-refractivity contribution in [2.75, 3.05) is 19.8 Å². The Kier molecular flexibility index (Phi) is 3.16. The molecule has 2 N–H and O–H groups in total. The van der Waals surface area contributed by atoms with Crippen molar-refractivity contribution in [2.45, 2.75) is 25.3 Å². The third-order valence-electron chi connectivity index (χ3n) is 2.63. The zero-order valence-electron chi connectivity index (χ0n) is 8.35. The fraction of sp³-hybridized carbons (Fsp3) is 0.700. The molecule has 0 aromatic carbocycles. The number of rotatable bonds is 3. The van der Waals surface area contributed by atoms with Gasteiger partial charge in [-0.25, -0.2) is 0 Å². The van der Waals surface area contributed by atoms with Crippen LogP contribution in [0, 0.1) is 0 Å². The summed E-state index contributed by atoms with van der Waals surface area (Å²) in [6.45, 7) is 2.36. The molecule has 1 aliphatic heterocycles. The Hall–Kier alpha value is -0.870. The minimum absolute atomic E-state index is 0.417. The molecule has 14 heavy (non-hydrogen) atoms. The highest BCUT2D eigenvalue weighted by Crippen LogP contribution is 2.20. The molecule has 1 fully saturated rings. The van der Waals surface area contributed by atoms with Crippen LogP contribution in [0.25, 0.3) is 0 Å². The van der Waals surface area contributed by atoms with Gasteiger partial charge in [0, 0.05) is 24.9 Å². The third-order valence-corrected chi connectivity index (χ3v) is 2.63. The van der Waals surface area contributed by atoms with E-state index in [1.165, 1.54) is 12.1 Å². The molecule has 1 unspecified atom stereocenters. The average Bonchev–Trinajstić information content (AvgIpc) is 2.68. The highest BCUT2D eigenvalue weighted by atomic mass is 16.5. The average molecular weight is 195 g/mol. The van der Waals surface area contributed by atoms with Gasteiger partial charge in [0.05, 0.1) is 12.6 Å². The van der Waals surface area contributed by atoms with Crippen molar-refractivity contribution in [1.29, 1.82) is 0 Å². The lowest BCUT2D eigenvalue weighted by Crippen LogP contribution is -2.24. The summed E-state index contributed by atoms with van der Waals surface area (Å²) in [5.74, 6) is 0. The van der Waals surface area contributed by atoms with E-state index in [0.29, 0.717) is 12.6 Å². The van der Waals surface area contributed by atoms with E-state index in [-0.39, 0.29) is 0 Å². The van der Waals surface area contributed by atoms with Crippen LogP contribution in [0.2, 0.25) is 0 Å². The number of hydrogen-bond donors (Lipinski definition) is 1. The smallest absolute Gasteiger partial charge is 0.0756 e. The van der Waals surface area contributed by atoms with E-state index in [9.17, 15) is 0 Å². The van der Waals surface area contributed by atoms with Crippen molar-refractivity contribution in [1.82, 2.24) is 9.78 Å². The summed E-state index contributed by atoms with van der Waals surface area (Å²) in [5, 5.41) is 4.34. The molecule has 0 saturated carbocycles. The topological polar surface area (TPSA) is 53.1 Å². The van der Waals surface area contributed by atoms with Crippen LogP contribution in [-0.2, 0) is 11.2 Å². The molecule has 4 heteroatoms. The van der Waals surface area contributed by atoms with Crippen molar-refractivity contribution in [2.24, 2.45) is 5.73 Å². The largest absolute Gasteiger partial charge is 0.379 e. The third kappa shape index (κ3) is 1.96. The minimum Gasteiger partial charge on any atom is -0.379 e. The van der Waals surface area contributed by atoms with Gasteiger partial charge in [-0.3, -0.25) is 4.68 Å². The molecule has 0 bridgehead atoms. The molecule has 0 aliphatic carbocycles. The maximum Gasteiger partial charge on any atom is 0.0756 e. The van der Waals surface area contributed by atoms with Crippen molar-refractivity contribution >= 4 is 0 Å².